The van der Waals surface area contributed by atoms with Gasteiger partial charge >= 0.3 is 0 Å². The highest BCUT2D eigenvalue weighted by Crippen LogP contribution is 2.33. The van der Waals surface area contributed by atoms with Crippen molar-refractivity contribution in [2.24, 2.45) is 0 Å². The molecule has 1 unspecified atom stereocenters. The molecule has 0 aliphatic carbocycles. The average molecular weight is 283 g/mol. The summed E-state index contributed by atoms with van der Waals surface area (Å²) in [5.74, 6) is 0. The summed E-state index contributed by atoms with van der Waals surface area (Å²) in [4.78, 5) is 10.4. The number of nitrogens with one attached hydrogen (secondary N) is 1. The van der Waals surface area contributed by atoms with Gasteiger partial charge in [-0.05, 0) is 33.0 Å². The second-order valence-corrected chi connectivity index (χ2v) is 5.97. The summed E-state index contributed by atoms with van der Waals surface area (Å²) in [6.45, 7) is 4.17. The molecule has 0 radical (unpaired) electrons. The smallest absolute Gasteiger partial charge is 0.124 e. The lowest BCUT2D eigenvalue weighted by molar-refractivity contribution is 0.662. The minimum absolute atomic E-state index is 0.329. The largest absolute Gasteiger partial charge is 0.312 e. The Morgan fingerprint density at radius 3 is 2.85 bits per heavy atom. The van der Waals surface area contributed by atoms with Gasteiger partial charge in [-0.3, -0.25) is 4.98 Å². The third-order valence-electron chi connectivity index (χ3n) is 3.46. The molecule has 0 fully saturated rings. The lowest BCUT2D eigenvalue weighted by Crippen LogP contribution is -2.10. The van der Waals surface area contributed by atoms with Crippen LogP contribution in [-0.4, -0.2) is 17.0 Å². The fourth-order valence-electron chi connectivity index (χ4n) is 2.24. The number of hydrogen-bond acceptors (Lipinski definition) is 4. The molecule has 3 nitrogen and oxygen atoms in total. The van der Waals surface area contributed by atoms with E-state index in [-0.39, 0.29) is 0 Å². The van der Waals surface area contributed by atoms with E-state index in [1.165, 1.54) is 10.4 Å². The van der Waals surface area contributed by atoms with Gasteiger partial charge in [0.25, 0.3) is 0 Å². The van der Waals surface area contributed by atoms with Crippen molar-refractivity contribution in [2.75, 3.05) is 7.05 Å². The maximum absolute atomic E-state index is 4.60. The van der Waals surface area contributed by atoms with E-state index in [4.69, 9.17) is 0 Å². The van der Waals surface area contributed by atoms with E-state index in [0.717, 1.165) is 21.6 Å². The second-order valence-electron chi connectivity index (χ2n) is 4.91. The van der Waals surface area contributed by atoms with E-state index in [9.17, 15) is 0 Å². The molecule has 1 aromatic carbocycles. The molecule has 1 atom stereocenters. The number of thiazole rings is 1. The Bertz CT molecular complexity index is 748. The molecule has 0 saturated carbocycles. The van der Waals surface area contributed by atoms with E-state index >= 15 is 0 Å². The molecular formula is C16H17N3S. The standard InChI is InChI=1S/C16H17N3S/c1-10-8-13(12-6-4-5-7-14(12)19-10)16-18-9-15(20-16)11(2)17-3/h4-9,11,17H,1-3H3. The molecule has 1 N–H and O–H groups in total. The van der Waals surface area contributed by atoms with Crippen LogP contribution in [0.5, 0.6) is 0 Å². The topological polar surface area (TPSA) is 37.8 Å². The van der Waals surface area contributed by atoms with Gasteiger partial charge in [-0.25, -0.2) is 4.98 Å². The first-order valence-electron chi connectivity index (χ1n) is 6.69. The number of pyridine rings is 1. The summed E-state index contributed by atoms with van der Waals surface area (Å²) in [5, 5.41) is 5.47. The van der Waals surface area contributed by atoms with E-state index in [2.05, 4.69) is 40.4 Å². The summed E-state index contributed by atoms with van der Waals surface area (Å²) in [7, 11) is 1.97. The van der Waals surface area contributed by atoms with Gasteiger partial charge in [0, 0.05) is 33.8 Å². The van der Waals surface area contributed by atoms with Gasteiger partial charge in [0.2, 0.25) is 0 Å². The highest BCUT2D eigenvalue weighted by Gasteiger charge is 2.12. The van der Waals surface area contributed by atoms with Crippen LogP contribution in [0.3, 0.4) is 0 Å². The number of hydrogen-bond donors (Lipinski definition) is 1. The highest BCUT2D eigenvalue weighted by molar-refractivity contribution is 7.15. The maximum atomic E-state index is 4.60. The van der Waals surface area contributed by atoms with Crippen molar-refractivity contribution in [1.82, 2.24) is 15.3 Å². The molecule has 0 saturated heterocycles. The molecule has 0 bridgehead atoms. The van der Waals surface area contributed by atoms with E-state index in [1.807, 2.05) is 32.3 Å². The van der Waals surface area contributed by atoms with Gasteiger partial charge in [-0.1, -0.05) is 18.2 Å². The first-order chi connectivity index (χ1) is 9.69. The molecule has 4 heteroatoms. The Morgan fingerprint density at radius 1 is 1.25 bits per heavy atom. The van der Waals surface area contributed by atoms with Crippen LogP contribution >= 0.6 is 11.3 Å². The number of rotatable bonds is 3. The lowest BCUT2D eigenvalue weighted by Gasteiger charge is -2.06. The number of fused-ring (bicyclic) bond motifs is 1. The molecule has 2 aromatic heterocycles. The summed E-state index contributed by atoms with van der Waals surface area (Å²) < 4.78 is 0. The van der Waals surface area contributed by atoms with Crippen molar-refractivity contribution in [2.45, 2.75) is 19.9 Å². The van der Waals surface area contributed by atoms with Crippen LogP contribution in [0.4, 0.5) is 0 Å². The Labute approximate surface area is 122 Å². The zero-order valence-corrected chi connectivity index (χ0v) is 12.7. The van der Waals surface area contributed by atoms with Gasteiger partial charge in [0.1, 0.15) is 5.01 Å². The fourth-order valence-corrected chi connectivity index (χ4v) is 3.25. The molecule has 0 aliphatic heterocycles. The molecule has 3 rings (SSSR count). The quantitative estimate of drug-likeness (QED) is 0.791. The number of benzene rings is 1. The molecule has 20 heavy (non-hydrogen) atoms. The van der Waals surface area contributed by atoms with Gasteiger partial charge in [0.05, 0.1) is 5.52 Å². The van der Waals surface area contributed by atoms with Crippen LogP contribution in [0.2, 0.25) is 0 Å². The summed E-state index contributed by atoms with van der Waals surface area (Å²) in [6.07, 6.45) is 1.96. The van der Waals surface area contributed by atoms with Crippen molar-refractivity contribution in [3.8, 4) is 10.6 Å². The van der Waals surface area contributed by atoms with Gasteiger partial charge < -0.3 is 5.32 Å². The van der Waals surface area contributed by atoms with Crippen molar-refractivity contribution in [1.29, 1.82) is 0 Å². The summed E-state index contributed by atoms with van der Waals surface area (Å²) in [6, 6.07) is 10.7. The number of aryl methyl sites for hydroxylation is 1. The second kappa shape index (κ2) is 5.31. The zero-order chi connectivity index (χ0) is 14.1. The minimum atomic E-state index is 0.329. The van der Waals surface area contributed by atoms with Crippen LogP contribution in [-0.2, 0) is 0 Å². The van der Waals surface area contributed by atoms with Crippen LogP contribution in [0, 0.1) is 6.92 Å². The Morgan fingerprint density at radius 2 is 2.05 bits per heavy atom. The lowest BCUT2D eigenvalue weighted by atomic mass is 10.1. The molecule has 102 valence electrons. The maximum Gasteiger partial charge on any atom is 0.124 e. The van der Waals surface area contributed by atoms with E-state index in [0.29, 0.717) is 6.04 Å². The summed E-state index contributed by atoms with van der Waals surface area (Å²) in [5.41, 5.74) is 3.23. The first kappa shape index (κ1) is 13.2. The molecule has 0 amide bonds. The third-order valence-corrected chi connectivity index (χ3v) is 4.67. The van der Waals surface area contributed by atoms with Crippen molar-refractivity contribution >= 4 is 22.2 Å². The SMILES string of the molecule is CNC(C)c1cnc(-c2cc(C)nc3ccccc23)s1. The molecule has 3 aromatic rings. The Hall–Kier alpha value is -1.78. The fraction of sp³-hybridized carbons (Fsp3) is 0.250. The van der Waals surface area contributed by atoms with Crippen LogP contribution in [0.15, 0.2) is 36.5 Å². The van der Waals surface area contributed by atoms with Crippen LogP contribution < -0.4 is 5.32 Å². The van der Waals surface area contributed by atoms with Gasteiger partial charge in [0.15, 0.2) is 0 Å². The van der Waals surface area contributed by atoms with Crippen molar-refractivity contribution in [3.05, 3.63) is 47.1 Å². The average Bonchev–Trinajstić information content (AvgIpc) is 2.95. The van der Waals surface area contributed by atoms with Crippen molar-refractivity contribution in [3.63, 3.8) is 0 Å². The molecule has 2 heterocycles. The predicted molar refractivity (Wildman–Crippen MR) is 85.1 cm³/mol. The number of aromatic nitrogens is 2. The monoisotopic (exact) mass is 283 g/mol. The predicted octanol–water partition coefficient (Wildman–Crippen LogP) is 3.95. The van der Waals surface area contributed by atoms with Crippen LogP contribution in [0.1, 0.15) is 23.5 Å². The van der Waals surface area contributed by atoms with Gasteiger partial charge in [-0.15, -0.1) is 11.3 Å². The number of para-hydroxylation sites is 1. The Kier molecular flexibility index (Phi) is 3.51. The minimum Gasteiger partial charge on any atom is -0.312 e. The number of nitrogens with zero attached hydrogens (tertiary/aromatic N) is 2. The molecule has 0 spiro atoms. The Balaban J connectivity index is 2.16. The van der Waals surface area contributed by atoms with E-state index in [1.54, 1.807) is 11.3 Å². The molecule has 0 aliphatic rings. The molecular weight excluding hydrogens is 266 g/mol. The highest BCUT2D eigenvalue weighted by atomic mass is 32.1. The van der Waals surface area contributed by atoms with Crippen molar-refractivity contribution < 1.29 is 0 Å². The first-order valence-corrected chi connectivity index (χ1v) is 7.50. The van der Waals surface area contributed by atoms with Crippen LogP contribution in [0.25, 0.3) is 21.5 Å². The normalized spacial score (nSPS) is 12.8. The third kappa shape index (κ3) is 2.32. The van der Waals surface area contributed by atoms with E-state index < -0.39 is 0 Å². The summed E-state index contributed by atoms with van der Waals surface area (Å²) >= 11 is 1.74. The zero-order valence-electron chi connectivity index (χ0n) is 11.8. The van der Waals surface area contributed by atoms with Gasteiger partial charge in [-0.2, -0.15) is 0 Å².